The Morgan fingerprint density at radius 1 is 0.741 bits per heavy atom. The van der Waals surface area contributed by atoms with E-state index in [0.717, 1.165) is 0 Å². The van der Waals surface area contributed by atoms with Gasteiger partial charge in [-0.2, -0.15) is 0 Å². The fourth-order valence-electron chi connectivity index (χ4n) is 3.09. The van der Waals surface area contributed by atoms with Gasteiger partial charge in [-0.25, -0.2) is 0 Å². The molecule has 0 fully saturated rings. The summed E-state index contributed by atoms with van der Waals surface area (Å²) in [5, 5.41) is 10.6. The largest absolute Gasteiger partial charge is 0.507 e. The number of anilines is 2. The van der Waals surface area contributed by atoms with E-state index in [4.69, 9.17) is 22.9 Å². The van der Waals surface area contributed by atoms with Gasteiger partial charge < -0.3 is 28.0 Å². The summed E-state index contributed by atoms with van der Waals surface area (Å²) in [4.78, 5) is 24.4. The average molecular weight is 362 g/mol. The molecule has 136 valence electrons. The molecule has 0 spiro atoms. The predicted molar refractivity (Wildman–Crippen MR) is 105 cm³/mol. The molecule has 27 heavy (non-hydrogen) atoms. The molecule has 3 aromatic rings. The van der Waals surface area contributed by atoms with E-state index in [1.54, 1.807) is 48.5 Å². The van der Waals surface area contributed by atoms with Gasteiger partial charge in [-0.1, -0.05) is 24.3 Å². The van der Waals surface area contributed by atoms with Gasteiger partial charge in [-0.3, -0.25) is 9.59 Å². The Morgan fingerprint density at radius 2 is 1.26 bits per heavy atom. The number of rotatable bonds is 4. The van der Waals surface area contributed by atoms with Gasteiger partial charge in [0.05, 0.1) is 11.1 Å². The van der Waals surface area contributed by atoms with Gasteiger partial charge in [-0.15, -0.1) is 0 Å². The van der Waals surface area contributed by atoms with Gasteiger partial charge in [0.25, 0.3) is 0 Å². The maximum Gasteiger partial charge on any atom is 0.250 e. The first-order chi connectivity index (χ1) is 12.8. The number of carbonyl (C=O) groups excluding carboxylic acids is 2. The molecule has 0 unspecified atom stereocenters. The zero-order valence-electron chi connectivity index (χ0n) is 14.3. The van der Waals surface area contributed by atoms with Crippen molar-refractivity contribution < 1.29 is 14.7 Å². The number of amides is 2. The van der Waals surface area contributed by atoms with Gasteiger partial charge in [0.15, 0.2) is 0 Å². The standard InChI is InChI=1S/C20H18N4O3/c21-12-5-1-3-10(7-12)16-14(19(23)26)9-15(25)17(18(16)20(24)27)11-4-2-6-13(22)8-11/h1-9,25H,21-22H2,(H2,23,26)(H2,24,27). The normalized spacial score (nSPS) is 10.5. The molecule has 3 rings (SSSR count). The lowest BCUT2D eigenvalue weighted by Crippen LogP contribution is -2.19. The number of benzene rings is 3. The molecule has 0 bridgehead atoms. The summed E-state index contributed by atoms with van der Waals surface area (Å²) in [7, 11) is 0. The minimum Gasteiger partial charge on any atom is -0.507 e. The highest BCUT2D eigenvalue weighted by atomic mass is 16.3. The van der Waals surface area contributed by atoms with Crippen LogP contribution in [0.1, 0.15) is 20.7 Å². The number of hydrogen-bond donors (Lipinski definition) is 5. The smallest absolute Gasteiger partial charge is 0.250 e. The Labute approximate surface area is 155 Å². The SMILES string of the molecule is NC(=O)c1cc(O)c(-c2cccc(N)c2)c(C(N)=O)c1-c1cccc(N)c1. The van der Waals surface area contributed by atoms with Crippen LogP contribution in [-0.4, -0.2) is 16.9 Å². The summed E-state index contributed by atoms with van der Waals surface area (Å²) >= 11 is 0. The number of nitrogen functional groups attached to an aromatic ring is 2. The van der Waals surface area contributed by atoms with E-state index in [0.29, 0.717) is 22.5 Å². The molecular formula is C20H18N4O3. The molecule has 0 heterocycles. The van der Waals surface area contributed by atoms with Crippen LogP contribution in [0.25, 0.3) is 22.3 Å². The van der Waals surface area contributed by atoms with Crippen LogP contribution in [0.5, 0.6) is 5.75 Å². The third kappa shape index (κ3) is 3.25. The van der Waals surface area contributed by atoms with Crippen molar-refractivity contribution in [2.24, 2.45) is 11.5 Å². The van der Waals surface area contributed by atoms with Crippen molar-refractivity contribution in [3.63, 3.8) is 0 Å². The Morgan fingerprint density at radius 3 is 1.70 bits per heavy atom. The summed E-state index contributed by atoms with van der Waals surface area (Å²) in [5.41, 5.74) is 24.9. The molecule has 0 saturated heterocycles. The number of hydrogen-bond acceptors (Lipinski definition) is 5. The second-order valence-corrected chi connectivity index (χ2v) is 6.05. The third-order valence-corrected chi connectivity index (χ3v) is 4.17. The average Bonchev–Trinajstić information content (AvgIpc) is 2.60. The van der Waals surface area contributed by atoms with Crippen molar-refractivity contribution in [3.8, 4) is 28.0 Å². The summed E-state index contributed by atoms with van der Waals surface area (Å²) in [6.07, 6.45) is 0. The van der Waals surface area contributed by atoms with Gasteiger partial charge in [0.2, 0.25) is 11.8 Å². The molecule has 0 saturated carbocycles. The lowest BCUT2D eigenvalue weighted by Gasteiger charge is -2.18. The summed E-state index contributed by atoms with van der Waals surface area (Å²) in [5.74, 6) is -1.96. The lowest BCUT2D eigenvalue weighted by molar-refractivity contribution is 0.0999. The third-order valence-electron chi connectivity index (χ3n) is 4.17. The number of phenols is 1. The molecule has 2 amide bonds. The van der Waals surface area contributed by atoms with Crippen molar-refractivity contribution in [2.75, 3.05) is 11.5 Å². The van der Waals surface area contributed by atoms with E-state index in [9.17, 15) is 14.7 Å². The molecule has 0 atom stereocenters. The molecule has 9 N–H and O–H groups in total. The van der Waals surface area contributed by atoms with Crippen molar-refractivity contribution in [1.29, 1.82) is 0 Å². The van der Waals surface area contributed by atoms with E-state index >= 15 is 0 Å². The molecule has 0 aromatic heterocycles. The highest BCUT2D eigenvalue weighted by Crippen LogP contribution is 2.41. The Hall–Kier alpha value is -4.00. The van der Waals surface area contributed by atoms with Crippen LogP contribution in [0, 0.1) is 0 Å². The van der Waals surface area contributed by atoms with Gasteiger partial charge in [0, 0.05) is 22.5 Å². The van der Waals surface area contributed by atoms with E-state index in [1.807, 2.05) is 0 Å². The van der Waals surface area contributed by atoms with Crippen LogP contribution >= 0.6 is 0 Å². The Kier molecular flexibility index (Phi) is 4.43. The van der Waals surface area contributed by atoms with Crippen molar-refractivity contribution >= 4 is 23.2 Å². The molecule has 0 radical (unpaired) electrons. The highest BCUT2D eigenvalue weighted by molar-refractivity contribution is 6.13. The van der Waals surface area contributed by atoms with Crippen LogP contribution in [0.4, 0.5) is 11.4 Å². The van der Waals surface area contributed by atoms with Crippen molar-refractivity contribution in [1.82, 2.24) is 0 Å². The minimum atomic E-state index is -0.830. The monoisotopic (exact) mass is 362 g/mol. The topological polar surface area (TPSA) is 158 Å². The first-order valence-corrected chi connectivity index (χ1v) is 8.01. The van der Waals surface area contributed by atoms with Crippen molar-refractivity contribution in [2.45, 2.75) is 0 Å². The predicted octanol–water partition coefficient (Wildman–Crippen LogP) is 2.09. The summed E-state index contributed by atoms with van der Waals surface area (Å²) in [6.45, 7) is 0. The molecule has 7 nitrogen and oxygen atoms in total. The molecule has 0 aliphatic carbocycles. The highest BCUT2D eigenvalue weighted by Gasteiger charge is 2.26. The number of phenolic OH excluding ortho intramolecular Hbond substituents is 1. The first-order valence-electron chi connectivity index (χ1n) is 8.01. The minimum absolute atomic E-state index is 0.0417. The zero-order valence-corrected chi connectivity index (χ0v) is 14.3. The van der Waals surface area contributed by atoms with E-state index in [2.05, 4.69) is 0 Å². The van der Waals surface area contributed by atoms with Gasteiger partial charge >= 0.3 is 0 Å². The number of nitrogens with two attached hydrogens (primary N) is 4. The number of primary amides is 2. The summed E-state index contributed by atoms with van der Waals surface area (Å²) in [6, 6.07) is 14.4. The fraction of sp³-hybridized carbons (Fsp3) is 0. The number of aromatic hydroxyl groups is 1. The van der Waals surface area contributed by atoms with Crippen LogP contribution in [0.3, 0.4) is 0 Å². The van der Waals surface area contributed by atoms with Crippen LogP contribution in [0.2, 0.25) is 0 Å². The van der Waals surface area contributed by atoms with Crippen LogP contribution in [0.15, 0.2) is 54.6 Å². The van der Waals surface area contributed by atoms with Crippen LogP contribution < -0.4 is 22.9 Å². The quantitative estimate of drug-likeness (QED) is 0.449. The lowest BCUT2D eigenvalue weighted by atomic mass is 9.86. The maximum atomic E-state index is 12.4. The molecule has 7 heteroatoms. The van der Waals surface area contributed by atoms with Gasteiger partial charge in [0.1, 0.15) is 5.75 Å². The maximum absolute atomic E-state index is 12.4. The van der Waals surface area contributed by atoms with Gasteiger partial charge in [-0.05, 0) is 41.5 Å². The molecular weight excluding hydrogens is 344 g/mol. The van der Waals surface area contributed by atoms with Crippen molar-refractivity contribution in [3.05, 3.63) is 65.7 Å². The fourth-order valence-corrected chi connectivity index (χ4v) is 3.09. The number of carbonyl (C=O) groups is 2. The summed E-state index contributed by atoms with van der Waals surface area (Å²) < 4.78 is 0. The van der Waals surface area contributed by atoms with E-state index < -0.39 is 11.8 Å². The Balaban J connectivity index is 2.48. The first kappa shape index (κ1) is 17.8. The van der Waals surface area contributed by atoms with E-state index in [1.165, 1.54) is 6.07 Å². The molecule has 0 aliphatic heterocycles. The second-order valence-electron chi connectivity index (χ2n) is 6.05. The second kappa shape index (κ2) is 6.72. The Bertz CT molecular complexity index is 1080. The van der Waals surface area contributed by atoms with E-state index in [-0.39, 0.29) is 28.0 Å². The molecule has 3 aromatic carbocycles. The van der Waals surface area contributed by atoms with Crippen LogP contribution in [-0.2, 0) is 0 Å². The zero-order chi connectivity index (χ0) is 19.7. The molecule has 0 aliphatic rings.